The first-order valence-electron chi connectivity index (χ1n) is 5.47. The Kier molecular flexibility index (Phi) is 2.56. The van der Waals surface area contributed by atoms with Crippen molar-refractivity contribution in [1.82, 2.24) is 5.16 Å². The van der Waals surface area contributed by atoms with Gasteiger partial charge in [-0.2, -0.15) is 0 Å². The molecule has 2 unspecified atom stereocenters. The van der Waals surface area contributed by atoms with Crippen molar-refractivity contribution in [2.45, 2.75) is 38.7 Å². The van der Waals surface area contributed by atoms with Crippen LogP contribution in [0.3, 0.4) is 0 Å². The summed E-state index contributed by atoms with van der Waals surface area (Å²) >= 11 is 0. The number of rotatable bonds is 2. The van der Waals surface area contributed by atoms with E-state index in [4.69, 9.17) is 10.3 Å². The van der Waals surface area contributed by atoms with Crippen molar-refractivity contribution < 1.29 is 9.63 Å². The molecule has 0 amide bonds. The Morgan fingerprint density at radius 3 is 3.07 bits per heavy atom. The molecule has 0 aliphatic heterocycles. The van der Waals surface area contributed by atoms with Gasteiger partial charge in [0.2, 0.25) is 0 Å². The van der Waals surface area contributed by atoms with Crippen LogP contribution in [0, 0.1) is 12.8 Å². The predicted octanol–water partition coefficient (Wildman–Crippen LogP) is 1.10. The van der Waals surface area contributed by atoms with Crippen LogP contribution >= 0.6 is 0 Å². The molecule has 0 saturated heterocycles. The van der Waals surface area contributed by atoms with Gasteiger partial charge in [0.25, 0.3) is 0 Å². The highest BCUT2D eigenvalue weighted by Crippen LogP contribution is 2.43. The zero-order chi connectivity index (χ0) is 11.1. The van der Waals surface area contributed by atoms with Crippen LogP contribution in [0.2, 0.25) is 0 Å². The lowest BCUT2D eigenvalue weighted by Gasteiger charge is -2.37. The third-order valence-corrected chi connectivity index (χ3v) is 3.51. The smallest absolute Gasteiger partial charge is 0.143 e. The molecule has 0 aromatic carbocycles. The van der Waals surface area contributed by atoms with Gasteiger partial charge >= 0.3 is 0 Å². The van der Waals surface area contributed by atoms with Crippen LogP contribution in [0.25, 0.3) is 0 Å². The number of fused-ring (bicyclic) bond motifs is 1. The molecular formula is C11H18N2O2. The van der Waals surface area contributed by atoms with Gasteiger partial charge in [0.15, 0.2) is 0 Å². The standard InChI is InChI=1S/C11H18N2O2/c1-7-3-4-9-10(8(2)13-15-9)11(7,14)5-6-12/h7,14H,3-6,12H2,1-2H3. The molecular weight excluding hydrogens is 192 g/mol. The zero-order valence-electron chi connectivity index (χ0n) is 9.29. The van der Waals surface area contributed by atoms with Crippen LogP contribution in [-0.2, 0) is 12.0 Å². The van der Waals surface area contributed by atoms with Gasteiger partial charge in [0.1, 0.15) is 5.76 Å². The molecule has 0 saturated carbocycles. The van der Waals surface area contributed by atoms with Crippen molar-refractivity contribution in [3.8, 4) is 0 Å². The lowest BCUT2D eigenvalue weighted by molar-refractivity contribution is -0.0358. The van der Waals surface area contributed by atoms with E-state index in [0.29, 0.717) is 13.0 Å². The van der Waals surface area contributed by atoms with Gasteiger partial charge in [-0.25, -0.2) is 0 Å². The average Bonchev–Trinajstić information content (AvgIpc) is 2.56. The summed E-state index contributed by atoms with van der Waals surface area (Å²) in [5.41, 5.74) is 6.41. The fraction of sp³-hybridized carbons (Fsp3) is 0.727. The topological polar surface area (TPSA) is 72.3 Å². The summed E-state index contributed by atoms with van der Waals surface area (Å²) < 4.78 is 5.23. The Bertz CT molecular complexity index is 361. The first-order chi connectivity index (χ1) is 7.09. The molecule has 0 spiro atoms. The van der Waals surface area contributed by atoms with Gasteiger partial charge in [0.05, 0.1) is 11.3 Å². The van der Waals surface area contributed by atoms with E-state index >= 15 is 0 Å². The molecule has 1 aromatic rings. The van der Waals surface area contributed by atoms with Gasteiger partial charge < -0.3 is 15.4 Å². The predicted molar refractivity (Wildman–Crippen MR) is 56.3 cm³/mol. The summed E-state index contributed by atoms with van der Waals surface area (Å²) in [6.45, 7) is 4.41. The monoisotopic (exact) mass is 210 g/mol. The second-order valence-corrected chi connectivity index (χ2v) is 4.47. The van der Waals surface area contributed by atoms with E-state index in [1.165, 1.54) is 0 Å². The van der Waals surface area contributed by atoms with Gasteiger partial charge in [-0.3, -0.25) is 0 Å². The quantitative estimate of drug-likeness (QED) is 0.766. The van der Waals surface area contributed by atoms with Gasteiger partial charge in [-0.15, -0.1) is 0 Å². The SMILES string of the molecule is Cc1noc2c1C(O)(CCN)C(C)CC2. The number of nitrogens with zero attached hydrogens (tertiary/aromatic N) is 1. The molecule has 3 N–H and O–H groups in total. The number of aryl methyl sites for hydroxylation is 2. The molecule has 0 radical (unpaired) electrons. The summed E-state index contributed by atoms with van der Waals surface area (Å²) in [5.74, 6) is 1.05. The van der Waals surface area contributed by atoms with E-state index in [9.17, 15) is 5.11 Å². The first-order valence-corrected chi connectivity index (χ1v) is 5.47. The van der Waals surface area contributed by atoms with Crippen molar-refractivity contribution in [3.05, 3.63) is 17.0 Å². The zero-order valence-corrected chi connectivity index (χ0v) is 9.29. The third kappa shape index (κ3) is 1.48. The lowest BCUT2D eigenvalue weighted by atomic mass is 9.72. The summed E-state index contributed by atoms with van der Waals surface area (Å²) in [5, 5.41) is 14.6. The number of nitrogens with two attached hydrogens (primary N) is 1. The summed E-state index contributed by atoms with van der Waals surface area (Å²) in [6.07, 6.45) is 2.37. The van der Waals surface area contributed by atoms with Crippen molar-refractivity contribution >= 4 is 0 Å². The van der Waals surface area contributed by atoms with Gasteiger partial charge in [0, 0.05) is 12.0 Å². The Morgan fingerprint density at radius 1 is 1.67 bits per heavy atom. The Labute approximate surface area is 89.4 Å². The van der Waals surface area contributed by atoms with Crippen molar-refractivity contribution in [3.63, 3.8) is 0 Å². The molecule has 4 heteroatoms. The molecule has 15 heavy (non-hydrogen) atoms. The molecule has 1 aliphatic carbocycles. The van der Waals surface area contributed by atoms with Crippen LogP contribution in [0.1, 0.15) is 36.8 Å². The number of aliphatic hydroxyl groups is 1. The molecule has 1 aromatic heterocycles. The number of aromatic nitrogens is 1. The largest absolute Gasteiger partial charge is 0.385 e. The van der Waals surface area contributed by atoms with Crippen LogP contribution in [0.5, 0.6) is 0 Å². The van der Waals surface area contributed by atoms with E-state index in [1.807, 2.05) is 6.92 Å². The van der Waals surface area contributed by atoms with Crippen LogP contribution in [0.15, 0.2) is 4.52 Å². The summed E-state index contributed by atoms with van der Waals surface area (Å²) in [4.78, 5) is 0. The van der Waals surface area contributed by atoms with Crippen LogP contribution < -0.4 is 5.73 Å². The van der Waals surface area contributed by atoms with Crippen LogP contribution in [0.4, 0.5) is 0 Å². The van der Waals surface area contributed by atoms with E-state index in [-0.39, 0.29) is 5.92 Å². The molecule has 2 atom stereocenters. The van der Waals surface area contributed by atoms with E-state index in [2.05, 4.69) is 12.1 Å². The maximum atomic E-state index is 10.7. The maximum absolute atomic E-state index is 10.7. The Balaban J connectivity index is 2.48. The third-order valence-electron chi connectivity index (χ3n) is 3.51. The second kappa shape index (κ2) is 3.61. The minimum absolute atomic E-state index is 0.214. The Hall–Kier alpha value is -0.870. The average molecular weight is 210 g/mol. The highest BCUT2D eigenvalue weighted by Gasteiger charge is 2.43. The van der Waals surface area contributed by atoms with E-state index < -0.39 is 5.60 Å². The number of hydrogen-bond acceptors (Lipinski definition) is 4. The van der Waals surface area contributed by atoms with Gasteiger partial charge in [-0.1, -0.05) is 12.1 Å². The molecule has 2 rings (SSSR count). The minimum atomic E-state index is -0.841. The van der Waals surface area contributed by atoms with Crippen molar-refractivity contribution in [2.75, 3.05) is 6.54 Å². The molecule has 1 aliphatic rings. The van der Waals surface area contributed by atoms with Crippen LogP contribution in [-0.4, -0.2) is 16.8 Å². The van der Waals surface area contributed by atoms with E-state index in [0.717, 1.165) is 29.9 Å². The molecule has 4 nitrogen and oxygen atoms in total. The maximum Gasteiger partial charge on any atom is 0.143 e. The molecule has 1 heterocycles. The normalized spacial score (nSPS) is 30.3. The Morgan fingerprint density at radius 2 is 2.40 bits per heavy atom. The molecule has 0 bridgehead atoms. The minimum Gasteiger partial charge on any atom is -0.385 e. The van der Waals surface area contributed by atoms with Crippen molar-refractivity contribution in [1.29, 1.82) is 0 Å². The van der Waals surface area contributed by atoms with Crippen molar-refractivity contribution in [2.24, 2.45) is 11.7 Å². The highest BCUT2D eigenvalue weighted by molar-refractivity contribution is 5.32. The van der Waals surface area contributed by atoms with Gasteiger partial charge in [-0.05, 0) is 32.2 Å². The van der Waals surface area contributed by atoms with E-state index in [1.54, 1.807) is 0 Å². The lowest BCUT2D eigenvalue weighted by Crippen LogP contribution is -2.39. The summed E-state index contributed by atoms with van der Waals surface area (Å²) in [7, 11) is 0. The molecule has 84 valence electrons. The second-order valence-electron chi connectivity index (χ2n) is 4.47. The fourth-order valence-electron chi connectivity index (χ4n) is 2.57. The first kappa shape index (κ1) is 10.6. The fourth-order valence-corrected chi connectivity index (χ4v) is 2.57. The summed E-state index contributed by atoms with van der Waals surface area (Å²) in [6, 6.07) is 0. The molecule has 0 fully saturated rings. The number of hydrogen-bond donors (Lipinski definition) is 2. The highest BCUT2D eigenvalue weighted by atomic mass is 16.5.